The Morgan fingerprint density at radius 3 is 3.19 bits per heavy atom. The molecule has 88 valence electrons. The summed E-state index contributed by atoms with van der Waals surface area (Å²) in [7, 11) is 1.67. The van der Waals surface area contributed by atoms with Crippen molar-refractivity contribution in [3.8, 4) is 0 Å². The average molecular weight is 223 g/mol. The van der Waals surface area contributed by atoms with E-state index in [4.69, 9.17) is 4.74 Å². The van der Waals surface area contributed by atoms with E-state index < -0.39 is 0 Å². The maximum absolute atomic E-state index is 11.8. The first-order valence-electron chi connectivity index (χ1n) is 5.66. The summed E-state index contributed by atoms with van der Waals surface area (Å²) in [4.78, 5) is 19.0. The van der Waals surface area contributed by atoms with Crippen LogP contribution in [0.25, 0.3) is 0 Å². The fourth-order valence-corrected chi connectivity index (χ4v) is 1.90. The number of anilines is 1. The first kappa shape index (κ1) is 11.1. The fourth-order valence-electron chi connectivity index (χ4n) is 1.90. The minimum absolute atomic E-state index is 0.00427. The van der Waals surface area contributed by atoms with E-state index in [-0.39, 0.29) is 5.56 Å². The number of aryl methyl sites for hydroxylation is 1. The highest BCUT2D eigenvalue weighted by Crippen LogP contribution is 2.15. The van der Waals surface area contributed by atoms with Gasteiger partial charge in [0.15, 0.2) is 0 Å². The molecule has 0 bridgehead atoms. The number of ether oxygens (including phenoxy) is 1. The summed E-state index contributed by atoms with van der Waals surface area (Å²) in [6.07, 6.45) is 3.44. The van der Waals surface area contributed by atoms with E-state index in [0.717, 1.165) is 49.4 Å². The summed E-state index contributed by atoms with van der Waals surface area (Å²) in [6, 6.07) is 0. The first-order chi connectivity index (χ1) is 7.81. The minimum atomic E-state index is 0.00427. The third kappa shape index (κ3) is 2.41. The summed E-state index contributed by atoms with van der Waals surface area (Å²) in [5, 5.41) is 3.17. The van der Waals surface area contributed by atoms with Gasteiger partial charge in [-0.05, 0) is 19.3 Å². The van der Waals surface area contributed by atoms with Gasteiger partial charge in [-0.15, -0.1) is 0 Å². The SMILES string of the molecule is COCCCc1nc2c(c(=O)[nH]1)CCCN2. The summed E-state index contributed by atoms with van der Waals surface area (Å²) in [5.74, 6) is 1.51. The molecule has 5 nitrogen and oxygen atoms in total. The highest BCUT2D eigenvalue weighted by atomic mass is 16.5. The second kappa shape index (κ2) is 5.12. The van der Waals surface area contributed by atoms with Crippen LogP contribution in [0.5, 0.6) is 0 Å². The van der Waals surface area contributed by atoms with E-state index in [1.807, 2.05) is 0 Å². The number of hydrogen-bond donors (Lipinski definition) is 2. The highest BCUT2D eigenvalue weighted by Gasteiger charge is 2.14. The zero-order valence-corrected chi connectivity index (χ0v) is 9.51. The van der Waals surface area contributed by atoms with E-state index in [2.05, 4.69) is 15.3 Å². The average Bonchev–Trinajstić information content (AvgIpc) is 2.30. The quantitative estimate of drug-likeness (QED) is 0.738. The van der Waals surface area contributed by atoms with Crippen LogP contribution in [0.15, 0.2) is 4.79 Å². The van der Waals surface area contributed by atoms with E-state index in [1.165, 1.54) is 0 Å². The van der Waals surface area contributed by atoms with E-state index in [9.17, 15) is 4.79 Å². The van der Waals surface area contributed by atoms with Crippen LogP contribution in [0.4, 0.5) is 5.82 Å². The lowest BCUT2D eigenvalue weighted by atomic mass is 10.1. The predicted octanol–water partition coefficient (Wildman–Crippen LogP) is 0.707. The van der Waals surface area contributed by atoms with Gasteiger partial charge in [0.1, 0.15) is 11.6 Å². The molecule has 1 aromatic heterocycles. The van der Waals surface area contributed by atoms with Crippen LogP contribution >= 0.6 is 0 Å². The second-order valence-corrected chi connectivity index (χ2v) is 3.97. The molecule has 16 heavy (non-hydrogen) atoms. The molecule has 0 fully saturated rings. The van der Waals surface area contributed by atoms with Crippen LogP contribution < -0.4 is 10.9 Å². The maximum Gasteiger partial charge on any atom is 0.256 e. The van der Waals surface area contributed by atoms with E-state index >= 15 is 0 Å². The van der Waals surface area contributed by atoms with Crippen molar-refractivity contribution >= 4 is 5.82 Å². The lowest BCUT2D eigenvalue weighted by molar-refractivity contribution is 0.194. The van der Waals surface area contributed by atoms with Crippen molar-refractivity contribution < 1.29 is 4.74 Å². The van der Waals surface area contributed by atoms with Crippen molar-refractivity contribution in [2.24, 2.45) is 0 Å². The summed E-state index contributed by atoms with van der Waals surface area (Å²) < 4.78 is 4.97. The highest BCUT2D eigenvalue weighted by molar-refractivity contribution is 5.44. The molecule has 0 saturated carbocycles. The molecule has 2 heterocycles. The zero-order chi connectivity index (χ0) is 11.4. The van der Waals surface area contributed by atoms with E-state index in [0.29, 0.717) is 6.61 Å². The Labute approximate surface area is 94.2 Å². The van der Waals surface area contributed by atoms with Gasteiger partial charge in [0, 0.05) is 26.7 Å². The molecule has 0 amide bonds. The molecular formula is C11H17N3O2. The van der Waals surface area contributed by atoms with Crippen LogP contribution in [0.2, 0.25) is 0 Å². The number of nitrogens with one attached hydrogen (secondary N) is 2. The molecule has 1 aliphatic heterocycles. The molecule has 2 rings (SSSR count). The van der Waals surface area contributed by atoms with Crippen LogP contribution in [-0.4, -0.2) is 30.2 Å². The van der Waals surface area contributed by atoms with Crippen molar-refractivity contribution in [1.82, 2.24) is 9.97 Å². The Morgan fingerprint density at radius 1 is 1.50 bits per heavy atom. The molecule has 0 saturated heterocycles. The first-order valence-corrected chi connectivity index (χ1v) is 5.66. The summed E-state index contributed by atoms with van der Waals surface area (Å²) in [6.45, 7) is 1.59. The second-order valence-electron chi connectivity index (χ2n) is 3.97. The van der Waals surface area contributed by atoms with Crippen molar-refractivity contribution in [3.05, 3.63) is 21.7 Å². The normalized spacial score (nSPS) is 14.3. The van der Waals surface area contributed by atoms with Gasteiger partial charge in [-0.3, -0.25) is 4.79 Å². The maximum atomic E-state index is 11.8. The predicted molar refractivity (Wildman–Crippen MR) is 61.9 cm³/mol. The Balaban J connectivity index is 2.15. The molecule has 0 unspecified atom stereocenters. The van der Waals surface area contributed by atoms with Gasteiger partial charge in [0.05, 0.1) is 5.56 Å². The van der Waals surface area contributed by atoms with Gasteiger partial charge in [0.25, 0.3) is 5.56 Å². The molecule has 1 aromatic rings. The Morgan fingerprint density at radius 2 is 2.38 bits per heavy atom. The van der Waals surface area contributed by atoms with Crippen LogP contribution in [0.3, 0.4) is 0 Å². The molecule has 0 aliphatic carbocycles. The van der Waals surface area contributed by atoms with E-state index in [1.54, 1.807) is 7.11 Å². The topological polar surface area (TPSA) is 67.0 Å². The standard InChI is InChI=1S/C11H17N3O2/c1-16-7-3-5-9-13-10-8(11(15)14-9)4-2-6-12-10/h2-7H2,1H3,(H2,12,13,14,15). The molecule has 1 aliphatic rings. The monoisotopic (exact) mass is 223 g/mol. The lowest BCUT2D eigenvalue weighted by Gasteiger charge is -2.16. The van der Waals surface area contributed by atoms with Crippen LogP contribution in [0, 0.1) is 0 Å². The van der Waals surface area contributed by atoms with Crippen molar-refractivity contribution in [2.45, 2.75) is 25.7 Å². The van der Waals surface area contributed by atoms with Crippen LogP contribution in [-0.2, 0) is 17.6 Å². The molecule has 0 atom stereocenters. The number of H-pyrrole nitrogens is 1. The van der Waals surface area contributed by atoms with Crippen LogP contribution in [0.1, 0.15) is 24.2 Å². The smallest absolute Gasteiger partial charge is 0.256 e. The van der Waals surface area contributed by atoms with Gasteiger partial charge in [0.2, 0.25) is 0 Å². The lowest BCUT2D eigenvalue weighted by Crippen LogP contribution is -2.25. The number of nitrogens with zero attached hydrogens (tertiary/aromatic N) is 1. The third-order valence-corrected chi connectivity index (χ3v) is 2.72. The van der Waals surface area contributed by atoms with Gasteiger partial charge in [-0.1, -0.05) is 0 Å². The number of aromatic nitrogens is 2. The number of fused-ring (bicyclic) bond motifs is 1. The number of hydrogen-bond acceptors (Lipinski definition) is 4. The zero-order valence-electron chi connectivity index (χ0n) is 9.51. The van der Waals surface area contributed by atoms with Gasteiger partial charge < -0.3 is 15.0 Å². The van der Waals surface area contributed by atoms with Gasteiger partial charge >= 0.3 is 0 Å². The van der Waals surface area contributed by atoms with Crippen molar-refractivity contribution in [2.75, 3.05) is 25.6 Å². The molecule has 0 radical (unpaired) electrons. The molecule has 5 heteroatoms. The van der Waals surface area contributed by atoms with Crippen molar-refractivity contribution in [3.63, 3.8) is 0 Å². The number of aromatic amines is 1. The molecule has 0 spiro atoms. The largest absolute Gasteiger partial charge is 0.385 e. The third-order valence-electron chi connectivity index (χ3n) is 2.72. The Bertz CT molecular complexity index is 414. The van der Waals surface area contributed by atoms with Gasteiger partial charge in [-0.25, -0.2) is 4.98 Å². The number of methoxy groups -OCH3 is 1. The summed E-state index contributed by atoms with van der Waals surface area (Å²) >= 11 is 0. The minimum Gasteiger partial charge on any atom is -0.385 e. The fraction of sp³-hybridized carbons (Fsp3) is 0.636. The Hall–Kier alpha value is -1.36. The molecule has 2 N–H and O–H groups in total. The molecular weight excluding hydrogens is 206 g/mol. The number of rotatable bonds is 4. The van der Waals surface area contributed by atoms with Gasteiger partial charge in [-0.2, -0.15) is 0 Å². The van der Waals surface area contributed by atoms with Crippen molar-refractivity contribution in [1.29, 1.82) is 0 Å². The summed E-state index contributed by atoms with van der Waals surface area (Å²) in [5.41, 5.74) is 0.798. The molecule has 0 aromatic carbocycles. The Kier molecular flexibility index (Phi) is 3.56.